The minimum absolute atomic E-state index is 0.0462. The molecule has 0 saturated heterocycles. The average molecular weight is 321 g/mol. The van der Waals surface area contributed by atoms with Crippen LogP contribution in [0.2, 0.25) is 0 Å². The Labute approximate surface area is 127 Å². The van der Waals surface area contributed by atoms with Crippen molar-refractivity contribution < 1.29 is 18.5 Å². The number of hydrogen-bond acceptors (Lipinski definition) is 5. The van der Waals surface area contributed by atoms with Crippen LogP contribution >= 0.6 is 11.6 Å². The minimum atomic E-state index is -0.893. The quantitative estimate of drug-likeness (QED) is 0.414. The summed E-state index contributed by atoms with van der Waals surface area (Å²) in [5, 5.41) is 9.99. The first-order valence-electron chi connectivity index (χ1n) is 6.00. The average Bonchev–Trinajstić information content (AvgIpc) is 2.90. The fourth-order valence-corrected chi connectivity index (χ4v) is 2.13. The lowest BCUT2D eigenvalue weighted by molar-refractivity contribution is -0.384. The maximum Gasteiger partial charge on any atom is 0.272 e. The van der Waals surface area contributed by atoms with Gasteiger partial charge in [0.15, 0.2) is 5.58 Å². The maximum atomic E-state index is 12.9. The first kappa shape index (κ1) is 14.2. The van der Waals surface area contributed by atoms with Crippen LogP contribution in [0.3, 0.4) is 0 Å². The predicted molar refractivity (Wildman–Crippen MR) is 76.2 cm³/mol. The molecular weight excluding hydrogens is 315 g/mol. The summed E-state index contributed by atoms with van der Waals surface area (Å²) in [4.78, 5) is 25.8. The lowest BCUT2D eigenvalue weighted by Crippen LogP contribution is -1.94. The van der Waals surface area contributed by atoms with Crippen LogP contribution in [0.25, 0.3) is 22.6 Å². The summed E-state index contributed by atoms with van der Waals surface area (Å²) >= 11 is 5.44. The fourth-order valence-electron chi connectivity index (χ4n) is 1.99. The number of aromatic nitrogens is 1. The molecule has 0 saturated carbocycles. The molecule has 0 fully saturated rings. The van der Waals surface area contributed by atoms with Gasteiger partial charge in [-0.1, -0.05) is 0 Å². The van der Waals surface area contributed by atoms with Crippen molar-refractivity contribution in [3.8, 4) is 11.5 Å². The second-order valence-corrected chi connectivity index (χ2v) is 4.74. The van der Waals surface area contributed by atoms with Gasteiger partial charge in [-0.25, -0.2) is 9.37 Å². The summed E-state index contributed by atoms with van der Waals surface area (Å²) in [5.41, 5.74) is 0.165. The predicted octanol–water partition coefficient (Wildman–Crippen LogP) is 3.92. The fraction of sp³-hybridized carbons (Fsp3) is 0. The Morgan fingerprint density at radius 1 is 1.27 bits per heavy atom. The van der Waals surface area contributed by atoms with E-state index in [1.54, 1.807) is 0 Å². The van der Waals surface area contributed by atoms with E-state index in [0.717, 1.165) is 6.07 Å². The van der Waals surface area contributed by atoms with E-state index < -0.39 is 16.0 Å². The zero-order valence-electron chi connectivity index (χ0n) is 10.7. The van der Waals surface area contributed by atoms with Crippen molar-refractivity contribution in [3.05, 3.63) is 57.9 Å². The minimum Gasteiger partial charge on any atom is -0.435 e. The van der Waals surface area contributed by atoms with Crippen molar-refractivity contribution in [1.29, 1.82) is 0 Å². The number of rotatable bonds is 3. The van der Waals surface area contributed by atoms with Crippen LogP contribution in [0, 0.1) is 15.9 Å². The molecule has 0 aliphatic heterocycles. The molecule has 0 aliphatic rings. The molecule has 0 aliphatic carbocycles. The molecular formula is C14H6ClFN2O4. The van der Waals surface area contributed by atoms with Crippen LogP contribution < -0.4 is 0 Å². The first-order chi connectivity index (χ1) is 10.5. The Bertz CT molecular complexity index is 905. The monoisotopic (exact) mass is 320 g/mol. The number of nitrogens with zero attached hydrogens (tertiary/aromatic N) is 2. The van der Waals surface area contributed by atoms with Gasteiger partial charge in [-0.05, 0) is 35.9 Å². The molecule has 8 heteroatoms. The number of hydrogen-bond donors (Lipinski definition) is 0. The van der Waals surface area contributed by atoms with Crippen LogP contribution in [-0.2, 0) is 0 Å². The van der Waals surface area contributed by atoms with Crippen molar-refractivity contribution in [2.24, 2.45) is 0 Å². The molecule has 0 atom stereocenters. The molecule has 6 nitrogen and oxygen atoms in total. The lowest BCUT2D eigenvalue weighted by atomic mass is 10.2. The molecule has 0 N–H and O–H groups in total. The number of fused-ring (bicyclic) bond motifs is 1. The Kier molecular flexibility index (Phi) is 3.34. The van der Waals surface area contributed by atoms with Crippen molar-refractivity contribution in [2.45, 2.75) is 0 Å². The second kappa shape index (κ2) is 5.19. The van der Waals surface area contributed by atoms with Crippen molar-refractivity contribution in [2.75, 3.05) is 0 Å². The topological polar surface area (TPSA) is 86.2 Å². The number of carbonyl (C=O) groups is 1. The summed E-state index contributed by atoms with van der Waals surface area (Å²) in [6.45, 7) is 0. The molecule has 1 heterocycles. The van der Waals surface area contributed by atoms with Gasteiger partial charge in [-0.2, -0.15) is 0 Å². The maximum absolute atomic E-state index is 12.9. The molecule has 0 amide bonds. The van der Waals surface area contributed by atoms with Crippen LogP contribution in [0.15, 0.2) is 40.8 Å². The van der Waals surface area contributed by atoms with Gasteiger partial charge in [0.25, 0.3) is 10.9 Å². The van der Waals surface area contributed by atoms with E-state index in [2.05, 4.69) is 4.98 Å². The summed E-state index contributed by atoms with van der Waals surface area (Å²) < 4.78 is 18.4. The molecule has 3 aromatic rings. The second-order valence-electron chi connectivity index (χ2n) is 4.40. The van der Waals surface area contributed by atoms with Crippen molar-refractivity contribution >= 4 is 33.6 Å². The molecule has 22 heavy (non-hydrogen) atoms. The summed E-state index contributed by atoms with van der Waals surface area (Å²) in [6.07, 6.45) is 0. The molecule has 2 aromatic carbocycles. The third-order valence-electron chi connectivity index (χ3n) is 2.99. The highest BCUT2D eigenvalue weighted by Gasteiger charge is 2.21. The Hall–Kier alpha value is -2.80. The SMILES string of the molecule is O=C(Cl)c1cc([N+](=O)[O-])cc2nc(-c3ccc(F)cc3)oc12. The summed E-state index contributed by atoms with van der Waals surface area (Å²) in [7, 11) is 0. The van der Waals surface area contributed by atoms with Gasteiger partial charge < -0.3 is 4.42 Å². The smallest absolute Gasteiger partial charge is 0.272 e. The molecule has 110 valence electrons. The summed E-state index contributed by atoms with van der Waals surface area (Å²) in [6, 6.07) is 7.53. The van der Waals surface area contributed by atoms with Gasteiger partial charge in [-0.3, -0.25) is 14.9 Å². The lowest BCUT2D eigenvalue weighted by Gasteiger charge is -1.96. The Balaban J connectivity index is 2.24. The van der Waals surface area contributed by atoms with E-state index in [1.165, 1.54) is 30.3 Å². The van der Waals surface area contributed by atoms with Crippen LogP contribution in [-0.4, -0.2) is 15.1 Å². The largest absolute Gasteiger partial charge is 0.435 e. The number of carbonyl (C=O) groups excluding carboxylic acids is 1. The highest BCUT2D eigenvalue weighted by Crippen LogP contribution is 2.31. The third-order valence-corrected chi connectivity index (χ3v) is 3.19. The molecule has 0 radical (unpaired) electrons. The normalized spacial score (nSPS) is 10.8. The van der Waals surface area contributed by atoms with Crippen LogP contribution in [0.5, 0.6) is 0 Å². The third kappa shape index (κ3) is 2.42. The van der Waals surface area contributed by atoms with E-state index in [0.29, 0.717) is 5.56 Å². The number of nitro groups is 1. The molecule has 3 rings (SSSR count). The van der Waals surface area contributed by atoms with Gasteiger partial charge in [0.05, 0.1) is 10.5 Å². The molecule has 0 spiro atoms. The number of oxazole rings is 1. The highest BCUT2D eigenvalue weighted by atomic mass is 35.5. The van der Waals surface area contributed by atoms with Crippen molar-refractivity contribution in [1.82, 2.24) is 4.98 Å². The zero-order chi connectivity index (χ0) is 15.9. The van der Waals surface area contributed by atoms with Gasteiger partial charge in [0.2, 0.25) is 5.89 Å². The van der Waals surface area contributed by atoms with Crippen LogP contribution in [0.4, 0.5) is 10.1 Å². The Morgan fingerprint density at radius 2 is 1.95 bits per heavy atom. The number of nitro benzene ring substituents is 1. The highest BCUT2D eigenvalue weighted by molar-refractivity contribution is 6.68. The van der Waals surface area contributed by atoms with Gasteiger partial charge in [0.1, 0.15) is 11.3 Å². The number of benzene rings is 2. The van der Waals surface area contributed by atoms with E-state index in [-0.39, 0.29) is 28.2 Å². The molecule has 0 unspecified atom stereocenters. The number of halogens is 2. The van der Waals surface area contributed by atoms with E-state index in [9.17, 15) is 19.3 Å². The number of non-ortho nitro benzene ring substituents is 1. The zero-order valence-corrected chi connectivity index (χ0v) is 11.5. The molecule has 0 bridgehead atoms. The van der Waals surface area contributed by atoms with Gasteiger partial charge in [0, 0.05) is 17.7 Å². The van der Waals surface area contributed by atoms with Crippen molar-refractivity contribution in [3.63, 3.8) is 0 Å². The van der Waals surface area contributed by atoms with Gasteiger partial charge >= 0.3 is 0 Å². The molecule has 1 aromatic heterocycles. The standard InChI is InChI=1S/C14H6ClFN2O4/c15-13(19)10-5-9(18(20)21)6-11-12(10)22-14(17-11)7-1-3-8(16)4-2-7/h1-6H. The first-order valence-corrected chi connectivity index (χ1v) is 6.38. The van der Waals surface area contributed by atoms with E-state index in [4.69, 9.17) is 16.0 Å². The summed E-state index contributed by atoms with van der Waals surface area (Å²) in [5.74, 6) is -0.318. The van der Waals surface area contributed by atoms with Gasteiger partial charge in [-0.15, -0.1) is 0 Å². The van der Waals surface area contributed by atoms with E-state index in [1.807, 2.05) is 0 Å². The van der Waals surface area contributed by atoms with E-state index >= 15 is 0 Å². The Morgan fingerprint density at radius 3 is 2.55 bits per heavy atom. The van der Waals surface area contributed by atoms with Crippen LogP contribution in [0.1, 0.15) is 10.4 Å².